The minimum Gasteiger partial charge on any atom is -0.385 e. The highest BCUT2D eigenvalue weighted by atomic mass is 16.5. The molecule has 0 atom stereocenters. The van der Waals surface area contributed by atoms with Crippen molar-refractivity contribution in [1.29, 1.82) is 0 Å². The first kappa shape index (κ1) is 14.3. The van der Waals surface area contributed by atoms with Crippen LogP contribution in [0.5, 0.6) is 0 Å². The molecular weight excluding hydrogens is 216 g/mol. The van der Waals surface area contributed by atoms with Crippen LogP contribution in [0, 0.1) is 0 Å². The summed E-state index contributed by atoms with van der Waals surface area (Å²) < 4.78 is 5.00. The maximum Gasteiger partial charge on any atom is 0.208 e. The fourth-order valence-electron chi connectivity index (χ4n) is 2.09. The van der Waals surface area contributed by atoms with Gasteiger partial charge in [-0.3, -0.25) is 10.4 Å². The number of guanidine groups is 1. The van der Waals surface area contributed by atoms with Gasteiger partial charge in [-0.05, 0) is 19.3 Å². The second kappa shape index (κ2) is 9.24. The fraction of sp³-hybridized carbons (Fsp3) is 0.917. The molecule has 0 aromatic carbocycles. The average Bonchev–Trinajstić information content (AvgIpc) is 2.30. The molecule has 1 rings (SSSR count). The van der Waals surface area contributed by atoms with Crippen LogP contribution in [-0.2, 0) is 4.74 Å². The summed E-state index contributed by atoms with van der Waals surface area (Å²) in [6.45, 7) is 3.64. The van der Waals surface area contributed by atoms with Crippen molar-refractivity contribution in [2.24, 2.45) is 10.8 Å². The maximum absolute atomic E-state index is 5.55. The molecule has 1 aliphatic heterocycles. The molecule has 0 aliphatic carbocycles. The highest BCUT2D eigenvalue weighted by Crippen LogP contribution is 2.10. The number of rotatable bonds is 4. The minimum absolute atomic E-state index is 0.751. The van der Waals surface area contributed by atoms with Crippen molar-refractivity contribution in [1.82, 2.24) is 10.3 Å². The third kappa shape index (κ3) is 5.89. The highest BCUT2D eigenvalue weighted by molar-refractivity contribution is 5.79. The van der Waals surface area contributed by atoms with E-state index in [9.17, 15) is 0 Å². The lowest BCUT2D eigenvalue weighted by molar-refractivity contribution is 0.196. The van der Waals surface area contributed by atoms with Crippen LogP contribution in [0.15, 0.2) is 4.99 Å². The van der Waals surface area contributed by atoms with Gasteiger partial charge in [0.15, 0.2) is 0 Å². The Labute approximate surface area is 104 Å². The van der Waals surface area contributed by atoms with Crippen molar-refractivity contribution in [3.63, 3.8) is 0 Å². The summed E-state index contributed by atoms with van der Waals surface area (Å²) in [5.41, 5.74) is 2.73. The van der Waals surface area contributed by atoms with Gasteiger partial charge in [-0.25, -0.2) is 5.84 Å². The molecule has 1 heterocycles. The third-order valence-corrected chi connectivity index (χ3v) is 3.05. The number of aliphatic imine (C=N–C) groups is 1. The molecule has 0 radical (unpaired) electrons. The second-order valence-corrected chi connectivity index (χ2v) is 4.45. The number of ether oxygens (including phenoxy) is 1. The van der Waals surface area contributed by atoms with Crippen molar-refractivity contribution in [2.75, 3.05) is 33.4 Å². The zero-order chi connectivity index (χ0) is 12.3. The summed E-state index contributed by atoms with van der Waals surface area (Å²) in [5, 5.41) is 0. The van der Waals surface area contributed by atoms with E-state index in [2.05, 4.69) is 15.3 Å². The molecule has 0 unspecified atom stereocenters. The molecule has 0 bridgehead atoms. The summed E-state index contributed by atoms with van der Waals surface area (Å²) in [6, 6.07) is 0. The van der Waals surface area contributed by atoms with Crippen LogP contribution in [0.4, 0.5) is 0 Å². The van der Waals surface area contributed by atoms with Gasteiger partial charge in [-0.1, -0.05) is 19.3 Å². The first-order chi connectivity index (χ1) is 8.38. The molecule has 3 N–H and O–H groups in total. The van der Waals surface area contributed by atoms with E-state index >= 15 is 0 Å². The van der Waals surface area contributed by atoms with Gasteiger partial charge >= 0.3 is 0 Å². The van der Waals surface area contributed by atoms with Crippen molar-refractivity contribution < 1.29 is 4.74 Å². The van der Waals surface area contributed by atoms with E-state index < -0.39 is 0 Å². The van der Waals surface area contributed by atoms with E-state index in [-0.39, 0.29) is 0 Å². The Morgan fingerprint density at radius 1 is 1.24 bits per heavy atom. The van der Waals surface area contributed by atoms with Crippen LogP contribution < -0.4 is 11.3 Å². The Morgan fingerprint density at radius 2 is 1.88 bits per heavy atom. The topological polar surface area (TPSA) is 62.9 Å². The molecule has 0 amide bonds. The van der Waals surface area contributed by atoms with Crippen LogP contribution in [-0.4, -0.2) is 44.2 Å². The Morgan fingerprint density at radius 3 is 2.47 bits per heavy atom. The second-order valence-electron chi connectivity index (χ2n) is 4.45. The van der Waals surface area contributed by atoms with Crippen molar-refractivity contribution >= 4 is 5.96 Å². The molecule has 0 aromatic rings. The summed E-state index contributed by atoms with van der Waals surface area (Å²) >= 11 is 0. The normalized spacial score (nSPS) is 18.7. The van der Waals surface area contributed by atoms with Crippen LogP contribution in [0.2, 0.25) is 0 Å². The predicted octanol–water partition coefficient (Wildman–Crippen LogP) is 1.11. The molecule has 5 heteroatoms. The Kier molecular flexibility index (Phi) is 7.75. The quantitative estimate of drug-likeness (QED) is 0.255. The van der Waals surface area contributed by atoms with Crippen molar-refractivity contribution in [3.8, 4) is 0 Å². The first-order valence-corrected chi connectivity index (χ1v) is 6.63. The summed E-state index contributed by atoms with van der Waals surface area (Å²) in [4.78, 5) is 6.77. The number of hydrogen-bond acceptors (Lipinski definition) is 3. The van der Waals surface area contributed by atoms with Gasteiger partial charge in [0.05, 0.1) is 0 Å². The molecule has 0 saturated carbocycles. The average molecular weight is 242 g/mol. The van der Waals surface area contributed by atoms with Gasteiger partial charge in [0.1, 0.15) is 0 Å². The van der Waals surface area contributed by atoms with E-state index in [1.807, 2.05) is 0 Å². The summed E-state index contributed by atoms with van der Waals surface area (Å²) in [7, 11) is 1.71. The van der Waals surface area contributed by atoms with Crippen LogP contribution in [0.25, 0.3) is 0 Å². The predicted molar refractivity (Wildman–Crippen MR) is 70.8 cm³/mol. The largest absolute Gasteiger partial charge is 0.385 e. The number of nitrogens with two attached hydrogens (primary N) is 1. The monoisotopic (exact) mass is 242 g/mol. The van der Waals surface area contributed by atoms with E-state index in [1.165, 1.54) is 32.1 Å². The molecule has 17 heavy (non-hydrogen) atoms. The maximum atomic E-state index is 5.55. The Balaban J connectivity index is 2.39. The van der Waals surface area contributed by atoms with E-state index in [4.69, 9.17) is 10.6 Å². The van der Waals surface area contributed by atoms with Crippen molar-refractivity contribution in [2.45, 2.75) is 38.5 Å². The highest BCUT2D eigenvalue weighted by Gasteiger charge is 2.11. The smallest absolute Gasteiger partial charge is 0.208 e. The Bertz CT molecular complexity index is 213. The number of likely N-dealkylation sites (tertiary alicyclic amines) is 1. The molecule has 0 aromatic heterocycles. The molecular formula is C12H26N4O. The molecule has 5 nitrogen and oxygen atoms in total. The van der Waals surface area contributed by atoms with E-state index in [0.29, 0.717) is 0 Å². The lowest BCUT2D eigenvalue weighted by Gasteiger charge is -2.27. The van der Waals surface area contributed by atoms with E-state index in [1.54, 1.807) is 7.11 Å². The zero-order valence-corrected chi connectivity index (χ0v) is 11.0. The first-order valence-electron chi connectivity index (χ1n) is 6.63. The van der Waals surface area contributed by atoms with E-state index in [0.717, 1.165) is 38.6 Å². The molecule has 1 aliphatic rings. The molecule has 1 saturated heterocycles. The lowest BCUT2D eigenvalue weighted by atomic mass is 10.1. The van der Waals surface area contributed by atoms with Gasteiger partial charge in [-0.2, -0.15) is 0 Å². The summed E-state index contributed by atoms with van der Waals surface area (Å²) in [6.07, 6.45) is 7.41. The molecule has 0 spiro atoms. The van der Waals surface area contributed by atoms with Gasteiger partial charge in [0, 0.05) is 33.4 Å². The van der Waals surface area contributed by atoms with Crippen LogP contribution in [0.1, 0.15) is 38.5 Å². The third-order valence-electron chi connectivity index (χ3n) is 3.05. The van der Waals surface area contributed by atoms with Gasteiger partial charge < -0.3 is 9.64 Å². The summed E-state index contributed by atoms with van der Waals surface area (Å²) in [5.74, 6) is 6.39. The van der Waals surface area contributed by atoms with Crippen molar-refractivity contribution in [3.05, 3.63) is 0 Å². The number of hydrogen-bond donors (Lipinski definition) is 2. The minimum atomic E-state index is 0.751. The Hall–Kier alpha value is -0.810. The molecule has 100 valence electrons. The fourth-order valence-corrected chi connectivity index (χ4v) is 2.09. The molecule has 1 fully saturated rings. The number of nitrogens with one attached hydrogen (secondary N) is 1. The SMILES string of the molecule is COCCCN=C(NN)N1CCCCCCC1. The van der Waals surface area contributed by atoms with Gasteiger partial charge in [0.25, 0.3) is 0 Å². The number of methoxy groups -OCH3 is 1. The van der Waals surface area contributed by atoms with Gasteiger partial charge in [0.2, 0.25) is 5.96 Å². The zero-order valence-electron chi connectivity index (χ0n) is 11.0. The van der Waals surface area contributed by atoms with Crippen LogP contribution in [0.3, 0.4) is 0 Å². The van der Waals surface area contributed by atoms with Crippen LogP contribution >= 0.6 is 0 Å². The number of hydrazine groups is 1. The van der Waals surface area contributed by atoms with Gasteiger partial charge in [-0.15, -0.1) is 0 Å². The lowest BCUT2D eigenvalue weighted by Crippen LogP contribution is -2.46. The standard InChI is InChI=1S/C12H26N4O/c1-17-11-7-8-14-12(15-13)16-9-5-3-2-4-6-10-16/h2-11,13H2,1H3,(H,14,15). The number of nitrogens with zero attached hydrogens (tertiary/aromatic N) is 2.